The Hall–Kier alpha value is -1.03. The van der Waals surface area contributed by atoms with Crippen LogP contribution in [0.1, 0.15) is 49.8 Å². The number of thioether (sulfide) groups is 1. The van der Waals surface area contributed by atoms with Crippen molar-refractivity contribution in [3.63, 3.8) is 0 Å². The maximum atomic E-state index is 12.8. The topological polar surface area (TPSA) is 33.2 Å². The van der Waals surface area contributed by atoms with Gasteiger partial charge in [0.25, 0.3) is 0 Å². The van der Waals surface area contributed by atoms with Crippen molar-refractivity contribution in [3.8, 4) is 0 Å². The molecule has 1 aliphatic heterocycles. The molecule has 4 aliphatic carbocycles. The highest BCUT2D eigenvalue weighted by Crippen LogP contribution is 2.64. The third-order valence-corrected chi connectivity index (χ3v) is 8.25. The summed E-state index contributed by atoms with van der Waals surface area (Å²) in [6.45, 7) is 4.13. The van der Waals surface area contributed by atoms with Gasteiger partial charge in [-0.2, -0.15) is 0 Å². The molecule has 0 radical (unpaired) electrons. The van der Waals surface area contributed by atoms with Crippen LogP contribution in [0, 0.1) is 37.0 Å². The lowest BCUT2D eigenvalue weighted by molar-refractivity contribution is -0.117. The number of aromatic nitrogens is 1. The zero-order valence-corrected chi connectivity index (χ0v) is 15.4. The summed E-state index contributed by atoms with van der Waals surface area (Å²) in [4.78, 5) is 19.6. The van der Waals surface area contributed by atoms with Gasteiger partial charge in [0.15, 0.2) is 0 Å². The second-order valence-electron chi connectivity index (χ2n) is 8.85. The van der Waals surface area contributed by atoms with Crippen LogP contribution >= 0.6 is 11.8 Å². The quantitative estimate of drug-likeness (QED) is 0.802. The minimum absolute atomic E-state index is 0.262. The van der Waals surface area contributed by atoms with Crippen molar-refractivity contribution in [1.29, 1.82) is 0 Å². The number of amides is 1. The fraction of sp³-hybridized carbons (Fsp3) is 0.700. The third-order valence-electron chi connectivity index (χ3n) is 6.81. The van der Waals surface area contributed by atoms with Gasteiger partial charge in [-0.3, -0.25) is 9.69 Å². The Kier molecular flexibility index (Phi) is 3.32. The van der Waals surface area contributed by atoms with Gasteiger partial charge < -0.3 is 0 Å². The van der Waals surface area contributed by atoms with E-state index in [1.54, 1.807) is 0 Å². The van der Waals surface area contributed by atoms with Crippen LogP contribution in [0.3, 0.4) is 0 Å². The van der Waals surface area contributed by atoms with E-state index in [4.69, 9.17) is 4.98 Å². The molecule has 24 heavy (non-hydrogen) atoms. The summed E-state index contributed by atoms with van der Waals surface area (Å²) in [5.74, 6) is 4.53. The lowest BCUT2D eigenvalue weighted by atomic mass is 9.49. The SMILES string of the molecule is Cc1cc(C)nc(N2C(=O)CS[C@@H]2C23CC4CC(CC(C4)C2)C3)c1. The van der Waals surface area contributed by atoms with Crippen molar-refractivity contribution in [2.45, 2.75) is 57.7 Å². The van der Waals surface area contributed by atoms with Crippen LogP contribution in [0.15, 0.2) is 12.1 Å². The number of pyridine rings is 1. The van der Waals surface area contributed by atoms with Gasteiger partial charge >= 0.3 is 0 Å². The van der Waals surface area contributed by atoms with Crippen LogP contribution in [0.2, 0.25) is 0 Å². The van der Waals surface area contributed by atoms with Crippen LogP contribution in [0.25, 0.3) is 0 Å². The smallest absolute Gasteiger partial charge is 0.239 e. The van der Waals surface area contributed by atoms with Gasteiger partial charge in [-0.05, 0) is 87.8 Å². The van der Waals surface area contributed by atoms with E-state index in [-0.39, 0.29) is 5.91 Å². The van der Waals surface area contributed by atoms with Gasteiger partial charge in [0.05, 0.1) is 11.1 Å². The number of hydrogen-bond donors (Lipinski definition) is 0. The second-order valence-corrected chi connectivity index (χ2v) is 9.92. The molecule has 0 N–H and O–H groups in total. The van der Waals surface area contributed by atoms with E-state index in [9.17, 15) is 4.79 Å². The van der Waals surface area contributed by atoms with Gasteiger partial charge in [0, 0.05) is 11.1 Å². The molecule has 4 bridgehead atoms. The summed E-state index contributed by atoms with van der Waals surface area (Å²) in [5, 5.41) is 0.312. The first-order valence-electron chi connectivity index (χ1n) is 9.41. The molecule has 2 heterocycles. The van der Waals surface area contributed by atoms with E-state index < -0.39 is 0 Å². The van der Waals surface area contributed by atoms with E-state index >= 15 is 0 Å². The molecular weight excluding hydrogens is 316 g/mol. The maximum absolute atomic E-state index is 12.8. The first-order chi connectivity index (χ1) is 11.5. The minimum atomic E-state index is 0.262. The van der Waals surface area contributed by atoms with Gasteiger partial charge in [-0.15, -0.1) is 11.8 Å². The van der Waals surface area contributed by atoms with Crippen LogP contribution in [0.5, 0.6) is 0 Å². The Labute approximate surface area is 148 Å². The fourth-order valence-corrected chi connectivity index (χ4v) is 8.00. The molecule has 5 aliphatic rings. The maximum Gasteiger partial charge on any atom is 0.239 e. The Balaban J connectivity index is 1.54. The first kappa shape index (κ1) is 15.2. The van der Waals surface area contributed by atoms with Crippen molar-refractivity contribution in [2.75, 3.05) is 10.7 Å². The second kappa shape index (κ2) is 5.23. The Morgan fingerprint density at radius 3 is 2.29 bits per heavy atom. The number of nitrogens with zero attached hydrogens (tertiary/aromatic N) is 2. The summed E-state index contributed by atoms with van der Waals surface area (Å²) in [6, 6.07) is 4.20. The number of rotatable bonds is 2. The molecule has 1 atom stereocenters. The van der Waals surface area contributed by atoms with E-state index in [0.29, 0.717) is 16.5 Å². The largest absolute Gasteiger partial charge is 0.283 e. The lowest BCUT2D eigenvalue weighted by Crippen LogP contribution is -2.55. The summed E-state index contributed by atoms with van der Waals surface area (Å²) in [6.07, 6.45) is 8.37. The average Bonchev–Trinajstić information content (AvgIpc) is 2.87. The van der Waals surface area contributed by atoms with Crippen molar-refractivity contribution in [2.24, 2.45) is 23.2 Å². The van der Waals surface area contributed by atoms with Crippen molar-refractivity contribution in [3.05, 3.63) is 23.4 Å². The summed E-state index contributed by atoms with van der Waals surface area (Å²) in [7, 11) is 0. The highest BCUT2D eigenvalue weighted by molar-refractivity contribution is 8.01. The molecule has 1 saturated heterocycles. The third kappa shape index (κ3) is 2.25. The highest BCUT2D eigenvalue weighted by Gasteiger charge is 2.58. The molecule has 4 saturated carbocycles. The minimum Gasteiger partial charge on any atom is -0.283 e. The highest BCUT2D eigenvalue weighted by atomic mass is 32.2. The number of hydrogen-bond acceptors (Lipinski definition) is 3. The van der Waals surface area contributed by atoms with E-state index in [1.807, 2.05) is 18.7 Å². The number of carbonyl (C=O) groups is 1. The van der Waals surface area contributed by atoms with Crippen LogP contribution in [-0.2, 0) is 4.79 Å². The normalized spacial score (nSPS) is 40.6. The predicted molar refractivity (Wildman–Crippen MR) is 98.0 cm³/mol. The molecule has 0 aromatic carbocycles. The first-order valence-corrected chi connectivity index (χ1v) is 10.5. The molecule has 0 spiro atoms. The standard InChI is InChI=1S/C20H26N2OS/c1-12-3-13(2)21-17(4-12)22-18(23)11-24-19(22)20-8-14-5-15(9-20)7-16(6-14)10-20/h3-4,14-16,19H,5-11H2,1-2H3/t14?,15?,16?,19-,20?/m1/s1. The molecule has 6 rings (SSSR count). The number of aryl methyl sites for hydroxylation is 2. The van der Waals surface area contributed by atoms with Crippen LogP contribution < -0.4 is 4.90 Å². The van der Waals surface area contributed by atoms with Crippen molar-refractivity contribution < 1.29 is 4.79 Å². The lowest BCUT2D eigenvalue weighted by Gasteiger charge is -2.59. The summed E-state index contributed by atoms with van der Waals surface area (Å²) < 4.78 is 0. The number of anilines is 1. The molecule has 1 aromatic rings. The van der Waals surface area contributed by atoms with Gasteiger partial charge in [-0.1, -0.05) is 0 Å². The van der Waals surface area contributed by atoms with Gasteiger partial charge in [0.1, 0.15) is 5.82 Å². The zero-order valence-electron chi connectivity index (χ0n) is 14.6. The Bertz CT molecular complexity index is 645. The Morgan fingerprint density at radius 2 is 1.71 bits per heavy atom. The number of carbonyl (C=O) groups excluding carboxylic acids is 1. The Morgan fingerprint density at radius 1 is 1.08 bits per heavy atom. The van der Waals surface area contributed by atoms with Gasteiger partial charge in [0.2, 0.25) is 5.91 Å². The molecule has 128 valence electrons. The van der Waals surface area contributed by atoms with Crippen LogP contribution in [-0.4, -0.2) is 22.0 Å². The molecule has 4 heteroatoms. The molecule has 1 aromatic heterocycles. The van der Waals surface area contributed by atoms with Crippen molar-refractivity contribution in [1.82, 2.24) is 4.98 Å². The van der Waals surface area contributed by atoms with Crippen LogP contribution in [0.4, 0.5) is 5.82 Å². The zero-order chi connectivity index (χ0) is 16.5. The van der Waals surface area contributed by atoms with E-state index in [2.05, 4.69) is 24.0 Å². The monoisotopic (exact) mass is 342 g/mol. The van der Waals surface area contributed by atoms with E-state index in [1.165, 1.54) is 44.1 Å². The molecule has 3 nitrogen and oxygen atoms in total. The molecule has 1 amide bonds. The van der Waals surface area contributed by atoms with Crippen molar-refractivity contribution >= 4 is 23.5 Å². The summed E-state index contributed by atoms with van der Waals surface area (Å²) in [5.41, 5.74) is 2.57. The molecule has 0 unspecified atom stereocenters. The average molecular weight is 343 g/mol. The summed E-state index contributed by atoms with van der Waals surface area (Å²) >= 11 is 1.89. The molecular formula is C20H26N2OS. The predicted octanol–water partition coefficient (Wildman–Crippen LogP) is 4.32. The van der Waals surface area contributed by atoms with Gasteiger partial charge in [-0.25, -0.2) is 4.98 Å². The fourth-order valence-electron chi connectivity index (χ4n) is 6.55. The van der Waals surface area contributed by atoms with E-state index in [0.717, 1.165) is 29.3 Å². The molecule has 5 fully saturated rings.